The fourth-order valence-corrected chi connectivity index (χ4v) is 3.31. The summed E-state index contributed by atoms with van der Waals surface area (Å²) < 4.78 is 10.9. The fourth-order valence-electron chi connectivity index (χ4n) is 2.35. The Morgan fingerprint density at radius 1 is 1.19 bits per heavy atom. The summed E-state index contributed by atoms with van der Waals surface area (Å²) in [6.45, 7) is 2.33. The lowest BCUT2D eigenvalue weighted by molar-refractivity contribution is 0.103. The summed E-state index contributed by atoms with van der Waals surface area (Å²) in [7, 11) is 1.59. The van der Waals surface area contributed by atoms with Gasteiger partial charge >= 0.3 is 0 Å². The molecule has 3 aromatic rings. The number of ether oxygens (including phenoxy) is 2. The van der Waals surface area contributed by atoms with Gasteiger partial charge in [0.15, 0.2) is 0 Å². The number of hydrogen-bond donors (Lipinski definition) is 1. The SMILES string of the molecule is COc1cccc(NC(=O)c2cc(COc3cc(C)ccc3Cl)cs2)c1. The molecule has 4 nitrogen and oxygen atoms in total. The van der Waals surface area contributed by atoms with E-state index in [0.29, 0.717) is 33.7 Å². The van der Waals surface area contributed by atoms with Crippen molar-refractivity contribution in [3.05, 3.63) is 74.9 Å². The zero-order valence-corrected chi connectivity index (χ0v) is 16.0. The van der Waals surface area contributed by atoms with Crippen LogP contribution in [-0.2, 0) is 6.61 Å². The van der Waals surface area contributed by atoms with Crippen molar-refractivity contribution >= 4 is 34.5 Å². The number of carbonyl (C=O) groups is 1. The summed E-state index contributed by atoms with van der Waals surface area (Å²) in [5.74, 6) is 1.17. The lowest BCUT2D eigenvalue weighted by atomic mass is 10.2. The van der Waals surface area contributed by atoms with Crippen LogP contribution < -0.4 is 14.8 Å². The zero-order valence-electron chi connectivity index (χ0n) is 14.4. The van der Waals surface area contributed by atoms with Gasteiger partial charge in [0.2, 0.25) is 0 Å². The minimum Gasteiger partial charge on any atom is -0.497 e. The fraction of sp³-hybridized carbons (Fsp3) is 0.150. The van der Waals surface area contributed by atoms with Gasteiger partial charge in [-0.05, 0) is 48.2 Å². The zero-order chi connectivity index (χ0) is 18.5. The normalized spacial score (nSPS) is 10.4. The molecule has 0 spiro atoms. The monoisotopic (exact) mass is 387 g/mol. The van der Waals surface area contributed by atoms with Crippen molar-refractivity contribution in [2.45, 2.75) is 13.5 Å². The largest absolute Gasteiger partial charge is 0.497 e. The molecule has 0 unspecified atom stereocenters. The molecule has 0 fully saturated rings. The van der Waals surface area contributed by atoms with E-state index in [9.17, 15) is 4.79 Å². The molecule has 6 heteroatoms. The molecule has 0 bridgehead atoms. The average molecular weight is 388 g/mol. The Morgan fingerprint density at radius 3 is 2.85 bits per heavy atom. The number of carbonyl (C=O) groups excluding carboxylic acids is 1. The lowest BCUT2D eigenvalue weighted by Gasteiger charge is -2.07. The van der Waals surface area contributed by atoms with E-state index in [-0.39, 0.29) is 5.91 Å². The number of methoxy groups -OCH3 is 1. The van der Waals surface area contributed by atoms with Crippen molar-refractivity contribution in [2.24, 2.45) is 0 Å². The highest BCUT2D eigenvalue weighted by atomic mass is 35.5. The molecule has 0 aliphatic carbocycles. The third-order valence-corrected chi connectivity index (χ3v) is 4.98. The Hall–Kier alpha value is -2.50. The Morgan fingerprint density at radius 2 is 2.04 bits per heavy atom. The highest BCUT2D eigenvalue weighted by molar-refractivity contribution is 7.12. The second-order valence-corrected chi connectivity index (χ2v) is 7.05. The maximum Gasteiger partial charge on any atom is 0.265 e. The van der Waals surface area contributed by atoms with Gasteiger partial charge in [0.1, 0.15) is 18.1 Å². The number of benzene rings is 2. The summed E-state index contributed by atoms with van der Waals surface area (Å²) in [5.41, 5.74) is 2.68. The van der Waals surface area contributed by atoms with Gasteiger partial charge in [-0.1, -0.05) is 23.7 Å². The molecule has 0 atom stereocenters. The number of hydrogen-bond acceptors (Lipinski definition) is 4. The second-order valence-electron chi connectivity index (χ2n) is 5.73. The molecule has 1 N–H and O–H groups in total. The minimum atomic E-state index is -0.164. The van der Waals surface area contributed by atoms with Gasteiger partial charge in [-0.3, -0.25) is 4.79 Å². The summed E-state index contributed by atoms with van der Waals surface area (Å²) in [6.07, 6.45) is 0. The molecule has 0 saturated carbocycles. The maximum absolute atomic E-state index is 12.4. The van der Waals surface area contributed by atoms with Crippen molar-refractivity contribution in [1.82, 2.24) is 0 Å². The standard InChI is InChI=1S/C20H18ClNO3S/c1-13-6-7-17(21)18(8-13)25-11-14-9-19(26-12-14)20(23)22-15-4-3-5-16(10-15)24-2/h3-10,12H,11H2,1-2H3,(H,22,23). The van der Waals surface area contributed by atoms with Gasteiger partial charge in [0, 0.05) is 17.3 Å². The Labute approximate surface area is 161 Å². The van der Waals surface area contributed by atoms with Gasteiger partial charge in [-0.25, -0.2) is 0 Å². The summed E-state index contributed by atoms with van der Waals surface area (Å²) in [5, 5.41) is 5.34. The van der Waals surface area contributed by atoms with Crippen LogP contribution >= 0.6 is 22.9 Å². The van der Waals surface area contributed by atoms with E-state index in [2.05, 4.69) is 5.32 Å². The van der Waals surface area contributed by atoms with Crippen molar-refractivity contribution < 1.29 is 14.3 Å². The molecule has 26 heavy (non-hydrogen) atoms. The number of rotatable bonds is 6. The maximum atomic E-state index is 12.4. The van der Waals surface area contributed by atoms with Crippen molar-refractivity contribution in [3.8, 4) is 11.5 Å². The van der Waals surface area contributed by atoms with Crippen molar-refractivity contribution in [3.63, 3.8) is 0 Å². The van der Waals surface area contributed by atoms with Gasteiger partial charge in [0.25, 0.3) is 5.91 Å². The smallest absolute Gasteiger partial charge is 0.265 e. The first kappa shape index (κ1) is 18.3. The van der Waals surface area contributed by atoms with E-state index in [4.69, 9.17) is 21.1 Å². The number of thiophene rings is 1. The second kappa shape index (κ2) is 8.25. The van der Waals surface area contributed by atoms with Crippen LogP contribution in [0.2, 0.25) is 5.02 Å². The summed E-state index contributed by atoms with van der Waals surface area (Å²) in [6, 6.07) is 14.7. The summed E-state index contributed by atoms with van der Waals surface area (Å²) in [4.78, 5) is 13.0. The number of nitrogens with one attached hydrogen (secondary N) is 1. The molecule has 0 aliphatic heterocycles. The van der Waals surface area contributed by atoms with Crippen molar-refractivity contribution in [2.75, 3.05) is 12.4 Å². The van der Waals surface area contributed by atoms with E-state index in [1.165, 1.54) is 11.3 Å². The van der Waals surface area contributed by atoms with Gasteiger partial charge in [-0.15, -0.1) is 11.3 Å². The molecule has 2 aromatic carbocycles. The molecule has 3 rings (SSSR count). The van der Waals surface area contributed by atoms with E-state index in [1.54, 1.807) is 13.2 Å². The first-order valence-electron chi connectivity index (χ1n) is 7.97. The Kier molecular flexibility index (Phi) is 5.81. The number of anilines is 1. The lowest BCUT2D eigenvalue weighted by Crippen LogP contribution is -2.10. The van der Waals surface area contributed by atoms with Crippen molar-refractivity contribution in [1.29, 1.82) is 0 Å². The Balaban J connectivity index is 1.63. The molecule has 1 aromatic heterocycles. The number of aryl methyl sites for hydroxylation is 1. The first-order valence-corrected chi connectivity index (χ1v) is 9.22. The van der Waals surface area contributed by atoms with Crippen LogP contribution in [0.25, 0.3) is 0 Å². The highest BCUT2D eigenvalue weighted by Gasteiger charge is 2.11. The van der Waals surface area contributed by atoms with E-state index < -0.39 is 0 Å². The molecular formula is C20H18ClNO3S. The van der Waals surface area contributed by atoms with Gasteiger partial charge in [0.05, 0.1) is 17.0 Å². The van der Waals surface area contributed by atoms with Crippen LogP contribution in [0.1, 0.15) is 20.8 Å². The predicted octanol–water partition coefficient (Wildman–Crippen LogP) is 5.55. The minimum absolute atomic E-state index is 0.164. The van der Waals surface area contributed by atoms with Crippen LogP contribution in [0.3, 0.4) is 0 Å². The van der Waals surface area contributed by atoms with Crippen LogP contribution in [0.5, 0.6) is 11.5 Å². The molecular weight excluding hydrogens is 370 g/mol. The molecule has 1 amide bonds. The van der Waals surface area contributed by atoms with E-state index >= 15 is 0 Å². The van der Waals surface area contributed by atoms with Crippen LogP contribution in [0.4, 0.5) is 5.69 Å². The van der Waals surface area contributed by atoms with Crippen LogP contribution in [-0.4, -0.2) is 13.0 Å². The first-order chi connectivity index (χ1) is 12.5. The topological polar surface area (TPSA) is 47.6 Å². The highest BCUT2D eigenvalue weighted by Crippen LogP contribution is 2.27. The van der Waals surface area contributed by atoms with Crippen LogP contribution in [0.15, 0.2) is 53.9 Å². The number of amides is 1. The predicted molar refractivity (Wildman–Crippen MR) is 106 cm³/mol. The molecule has 134 valence electrons. The number of halogens is 1. The summed E-state index contributed by atoms with van der Waals surface area (Å²) >= 11 is 7.51. The van der Waals surface area contributed by atoms with E-state index in [0.717, 1.165) is 11.1 Å². The quantitative estimate of drug-likeness (QED) is 0.603. The third kappa shape index (κ3) is 4.56. The molecule has 0 aliphatic rings. The van der Waals surface area contributed by atoms with Gasteiger partial charge in [-0.2, -0.15) is 0 Å². The Bertz CT molecular complexity index is 923. The van der Waals surface area contributed by atoms with Gasteiger partial charge < -0.3 is 14.8 Å². The molecule has 0 radical (unpaired) electrons. The average Bonchev–Trinajstić information content (AvgIpc) is 3.12. The molecule has 1 heterocycles. The molecule has 0 saturated heterocycles. The van der Waals surface area contributed by atoms with Crippen LogP contribution in [0, 0.1) is 6.92 Å². The van der Waals surface area contributed by atoms with E-state index in [1.807, 2.05) is 54.8 Å². The third-order valence-electron chi connectivity index (χ3n) is 3.69.